The number of phenols is 1. The van der Waals surface area contributed by atoms with E-state index < -0.39 is 5.91 Å². The zero-order valence-corrected chi connectivity index (χ0v) is 11.1. The van der Waals surface area contributed by atoms with Crippen molar-refractivity contribution < 1.29 is 9.90 Å². The number of phenolic OH excluding ortho intramolecular Hbond substituents is 1. The standard InChI is InChI=1S/C13H12N6O2/c1-8-4-10(20)2-3-11(8)18-12(21)9(5-14)6-15-13-16-7-17-19-13/h2-4,6-7,20H,1H3,(H,18,21)(H2,15,16,17,19)/b9-6-. The maximum absolute atomic E-state index is 12.0. The maximum atomic E-state index is 12.0. The van der Waals surface area contributed by atoms with Crippen LogP contribution in [0.2, 0.25) is 0 Å². The number of nitriles is 1. The van der Waals surface area contributed by atoms with Crippen LogP contribution in [0, 0.1) is 18.3 Å². The molecule has 0 saturated carbocycles. The Balaban J connectivity index is 2.10. The van der Waals surface area contributed by atoms with Crippen molar-refractivity contribution in [3.63, 3.8) is 0 Å². The maximum Gasteiger partial charge on any atom is 0.267 e. The summed E-state index contributed by atoms with van der Waals surface area (Å²) in [5.74, 6) is -0.150. The van der Waals surface area contributed by atoms with Crippen molar-refractivity contribution in [3.05, 3.63) is 41.9 Å². The second-order valence-corrected chi connectivity index (χ2v) is 4.10. The molecule has 2 aromatic rings. The number of nitrogens with one attached hydrogen (secondary N) is 3. The van der Waals surface area contributed by atoms with E-state index in [1.54, 1.807) is 19.1 Å². The first kappa shape index (κ1) is 14.1. The molecule has 21 heavy (non-hydrogen) atoms. The first-order valence-electron chi connectivity index (χ1n) is 5.93. The third kappa shape index (κ3) is 3.57. The van der Waals surface area contributed by atoms with Crippen molar-refractivity contribution in [1.29, 1.82) is 5.26 Å². The van der Waals surface area contributed by atoms with Crippen LogP contribution in [0.25, 0.3) is 0 Å². The third-order valence-electron chi connectivity index (χ3n) is 2.59. The lowest BCUT2D eigenvalue weighted by Crippen LogP contribution is -2.15. The molecule has 1 heterocycles. The Bertz CT molecular complexity index is 715. The minimum absolute atomic E-state index is 0.105. The molecule has 0 aliphatic rings. The fourth-order valence-corrected chi connectivity index (χ4v) is 1.54. The molecule has 0 atom stereocenters. The number of aryl methyl sites for hydroxylation is 1. The number of hydrogen-bond donors (Lipinski definition) is 4. The number of carbonyl (C=O) groups excluding carboxylic acids is 1. The summed E-state index contributed by atoms with van der Waals surface area (Å²) < 4.78 is 0. The largest absolute Gasteiger partial charge is 0.508 e. The molecule has 0 fully saturated rings. The van der Waals surface area contributed by atoms with Gasteiger partial charge in [-0.2, -0.15) is 15.3 Å². The molecule has 106 valence electrons. The number of carbonyl (C=O) groups is 1. The molecule has 4 N–H and O–H groups in total. The van der Waals surface area contributed by atoms with Gasteiger partial charge >= 0.3 is 0 Å². The van der Waals surface area contributed by atoms with Gasteiger partial charge in [-0.3, -0.25) is 4.79 Å². The summed E-state index contributed by atoms with van der Waals surface area (Å²) >= 11 is 0. The van der Waals surface area contributed by atoms with Gasteiger partial charge in [0.1, 0.15) is 23.7 Å². The minimum Gasteiger partial charge on any atom is -0.508 e. The highest BCUT2D eigenvalue weighted by atomic mass is 16.3. The van der Waals surface area contributed by atoms with E-state index in [0.29, 0.717) is 17.2 Å². The molecular weight excluding hydrogens is 272 g/mol. The molecule has 0 bridgehead atoms. The molecule has 0 spiro atoms. The molecule has 8 nitrogen and oxygen atoms in total. The van der Waals surface area contributed by atoms with Gasteiger partial charge in [0.2, 0.25) is 5.95 Å². The normalized spacial score (nSPS) is 10.8. The lowest BCUT2D eigenvalue weighted by atomic mass is 10.2. The van der Waals surface area contributed by atoms with Crippen molar-refractivity contribution in [2.24, 2.45) is 0 Å². The van der Waals surface area contributed by atoms with Crippen LogP contribution in [0.4, 0.5) is 11.6 Å². The lowest BCUT2D eigenvalue weighted by Gasteiger charge is -2.08. The number of aromatic amines is 1. The Morgan fingerprint density at radius 2 is 2.33 bits per heavy atom. The number of anilines is 2. The van der Waals surface area contributed by atoms with Gasteiger partial charge in [0.05, 0.1) is 0 Å². The monoisotopic (exact) mass is 284 g/mol. The molecule has 0 unspecified atom stereocenters. The molecule has 0 aliphatic carbocycles. The van der Waals surface area contributed by atoms with Gasteiger partial charge in [-0.15, -0.1) is 0 Å². The quantitative estimate of drug-likeness (QED) is 0.380. The molecule has 0 aliphatic heterocycles. The predicted octanol–water partition coefficient (Wildman–Crippen LogP) is 1.28. The Kier molecular flexibility index (Phi) is 4.16. The van der Waals surface area contributed by atoms with E-state index in [4.69, 9.17) is 5.26 Å². The second-order valence-electron chi connectivity index (χ2n) is 4.10. The van der Waals surface area contributed by atoms with E-state index in [1.807, 2.05) is 0 Å². The fourth-order valence-electron chi connectivity index (χ4n) is 1.54. The van der Waals surface area contributed by atoms with Crippen molar-refractivity contribution in [3.8, 4) is 11.8 Å². The van der Waals surface area contributed by atoms with Crippen molar-refractivity contribution in [2.45, 2.75) is 6.92 Å². The molecule has 8 heteroatoms. The van der Waals surface area contributed by atoms with E-state index in [2.05, 4.69) is 25.8 Å². The van der Waals surface area contributed by atoms with Crippen molar-refractivity contribution in [1.82, 2.24) is 15.2 Å². The smallest absolute Gasteiger partial charge is 0.267 e. The molecule has 1 aromatic carbocycles. The van der Waals surface area contributed by atoms with E-state index >= 15 is 0 Å². The summed E-state index contributed by atoms with van der Waals surface area (Å²) in [6, 6.07) is 6.31. The van der Waals surface area contributed by atoms with E-state index in [1.165, 1.54) is 24.7 Å². The van der Waals surface area contributed by atoms with Crippen LogP contribution >= 0.6 is 0 Å². The molecule has 1 aromatic heterocycles. The zero-order valence-electron chi connectivity index (χ0n) is 11.1. The number of amides is 1. The molecule has 2 rings (SSSR count). The third-order valence-corrected chi connectivity index (χ3v) is 2.59. The van der Waals surface area contributed by atoms with E-state index in [9.17, 15) is 9.90 Å². The minimum atomic E-state index is -0.571. The van der Waals surface area contributed by atoms with Crippen LogP contribution in [0.1, 0.15) is 5.56 Å². The number of H-pyrrole nitrogens is 1. The van der Waals surface area contributed by atoms with Gasteiger partial charge in [-0.1, -0.05) is 0 Å². The Labute approximate surface area is 120 Å². The van der Waals surface area contributed by atoms with E-state index in [0.717, 1.165) is 0 Å². The predicted molar refractivity (Wildman–Crippen MR) is 75.2 cm³/mol. The Morgan fingerprint density at radius 1 is 1.52 bits per heavy atom. The lowest BCUT2D eigenvalue weighted by molar-refractivity contribution is -0.112. The summed E-state index contributed by atoms with van der Waals surface area (Å²) in [7, 11) is 0. The van der Waals surface area contributed by atoms with Crippen LogP contribution in [0.5, 0.6) is 5.75 Å². The fraction of sp³-hybridized carbons (Fsp3) is 0.0769. The van der Waals surface area contributed by atoms with Gasteiger partial charge < -0.3 is 15.7 Å². The number of aromatic hydroxyl groups is 1. The van der Waals surface area contributed by atoms with Gasteiger partial charge in [-0.25, -0.2) is 5.10 Å². The summed E-state index contributed by atoms with van der Waals surface area (Å²) in [4.78, 5) is 15.8. The first-order valence-corrected chi connectivity index (χ1v) is 5.93. The van der Waals surface area contributed by atoms with Crippen LogP contribution < -0.4 is 10.6 Å². The number of rotatable bonds is 4. The summed E-state index contributed by atoms with van der Waals surface area (Å²) in [6.07, 6.45) is 2.52. The van der Waals surface area contributed by atoms with Crippen LogP contribution in [-0.4, -0.2) is 26.2 Å². The Morgan fingerprint density at radius 3 is 2.95 bits per heavy atom. The number of benzene rings is 1. The van der Waals surface area contributed by atoms with Gasteiger partial charge in [0.25, 0.3) is 5.91 Å². The van der Waals surface area contributed by atoms with Crippen molar-refractivity contribution >= 4 is 17.5 Å². The average Bonchev–Trinajstić information content (AvgIpc) is 2.96. The number of nitrogens with zero attached hydrogens (tertiary/aromatic N) is 3. The number of aromatic nitrogens is 3. The van der Waals surface area contributed by atoms with Crippen LogP contribution in [0.3, 0.4) is 0 Å². The highest BCUT2D eigenvalue weighted by molar-refractivity contribution is 6.07. The first-order chi connectivity index (χ1) is 10.1. The highest BCUT2D eigenvalue weighted by Crippen LogP contribution is 2.20. The Hall–Kier alpha value is -3.34. The highest BCUT2D eigenvalue weighted by Gasteiger charge is 2.11. The van der Waals surface area contributed by atoms with Gasteiger partial charge in [-0.05, 0) is 30.7 Å². The molecule has 1 amide bonds. The van der Waals surface area contributed by atoms with Gasteiger partial charge in [0, 0.05) is 11.9 Å². The van der Waals surface area contributed by atoms with Crippen molar-refractivity contribution in [2.75, 3.05) is 10.6 Å². The second kappa shape index (κ2) is 6.21. The molecule has 0 radical (unpaired) electrons. The number of hydrogen-bond acceptors (Lipinski definition) is 6. The molecular formula is C13H12N6O2. The molecule has 0 saturated heterocycles. The average molecular weight is 284 g/mol. The van der Waals surface area contributed by atoms with Crippen LogP contribution in [-0.2, 0) is 4.79 Å². The van der Waals surface area contributed by atoms with E-state index in [-0.39, 0.29) is 11.3 Å². The van der Waals surface area contributed by atoms with Gasteiger partial charge in [0.15, 0.2) is 0 Å². The van der Waals surface area contributed by atoms with Crippen LogP contribution in [0.15, 0.2) is 36.3 Å². The zero-order chi connectivity index (χ0) is 15.2. The topological polar surface area (TPSA) is 127 Å². The summed E-state index contributed by atoms with van der Waals surface area (Å²) in [6.45, 7) is 1.73. The summed E-state index contributed by atoms with van der Waals surface area (Å²) in [5.41, 5.74) is 1.07. The summed E-state index contributed by atoms with van der Waals surface area (Å²) in [5, 5.41) is 29.7. The SMILES string of the molecule is Cc1cc(O)ccc1NC(=O)/C(C#N)=C\Nc1ncn[nH]1.